The maximum Gasteiger partial charge on any atom is 0.126 e. The summed E-state index contributed by atoms with van der Waals surface area (Å²) in [5.41, 5.74) is 11.9. The van der Waals surface area contributed by atoms with Crippen molar-refractivity contribution >= 4 is 22.7 Å². The van der Waals surface area contributed by atoms with Crippen LogP contribution >= 0.6 is 11.3 Å². The number of unbranched alkanes of at least 4 members (excludes halogenated alkanes) is 2. The minimum Gasteiger partial charge on any atom is -0.399 e. The van der Waals surface area contributed by atoms with Gasteiger partial charge in [-0.15, -0.1) is 11.3 Å². The second-order valence-electron chi connectivity index (χ2n) is 6.17. The fourth-order valence-corrected chi connectivity index (χ4v) is 3.50. The van der Waals surface area contributed by atoms with Gasteiger partial charge in [-0.05, 0) is 43.7 Å². The van der Waals surface area contributed by atoms with Crippen LogP contribution in [0, 0.1) is 6.92 Å². The summed E-state index contributed by atoms with van der Waals surface area (Å²) in [6, 6.07) is 10.0. The van der Waals surface area contributed by atoms with Crippen LogP contribution in [0.4, 0.5) is 11.4 Å². The molecule has 0 amide bonds. The van der Waals surface area contributed by atoms with Gasteiger partial charge in [0.25, 0.3) is 0 Å². The molecule has 0 radical (unpaired) electrons. The molecule has 0 atom stereocenters. The molecule has 3 aromatic rings. The standard InChI is InChI=1S/C20H24N4S/c1-3-4-5-10-22-18-9-8-16(21)11-17(18)20-24-19(13-25-20)15-7-6-14(2)23-12-15/h6-9,11-13,22H,3-5,10,21H2,1-2H3. The Labute approximate surface area is 153 Å². The van der Waals surface area contributed by atoms with Gasteiger partial charge < -0.3 is 11.1 Å². The molecule has 0 unspecified atom stereocenters. The molecule has 5 heteroatoms. The van der Waals surface area contributed by atoms with E-state index >= 15 is 0 Å². The Bertz CT molecular complexity index is 824. The van der Waals surface area contributed by atoms with Crippen LogP contribution in [0.25, 0.3) is 21.8 Å². The number of hydrogen-bond donors (Lipinski definition) is 2. The number of aromatic nitrogens is 2. The van der Waals surface area contributed by atoms with E-state index < -0.39 is 0 Å². The molecule has 2 aromatic heterocycles. The number of nitrogen functional groups attached to an aromatic ring is 1. The number of rotatable bonds is 7. The topological polar surface area (TPSA) is 63.8 Å². The molecule has 1 aromatic carbocycles. The summed E-state index contributed by atoms with van der Waals surface area (Å²) in [6.07, 6.45) is 5.49. The molecule has 3 rings (SSSR count). The monoisotopic (exact) mass is 352 g/mol. The SMILES string of the molecule is CCCCCNc1ccc(N)cc1-c1nc(-c2ccc(C)nc2)cs1. The Morgan fingerprint density at radius 2 is 2.04 bits per heavy atom. The van der Waals surface area contributed by atoms with Gasteiger partial charge in [-0.2, -0.15) is 0 Å². The number of anilines is 2. The number of thiazole rings is 1. The lowest BCUT2D eigenvalue weighted by Crippen LogP contribution is -2.03. The molecule has 0 bridgehead atoms. The van der Waals surface area contributed by atoms with Crippen molar-refractivity contribution in [2.45, 2.75) is 33.1 Å². The highest BCUT2D eigenvalue weighted by Gasteiger charge is 2.11. The van der Waals surface area contributed by atoms with Crippen molar-refractivity contribution in [2.24, 2.45) is 0 Å². The van der Waals surface area contributed by atoms with Crippen molar-refractivity contribution in [3.05, 3.63) is 47.6 Å². The number of nitrogens with zero attached hydrogens (tertiary/aromatic N) is 2. The van der Waals surface area contributed by atoms with E-state index in [0.717, 1.165) is 45.4 Å². The summed E-state index contributed by atoms with van der Waals surface area (Å²) < 4.78 is 0. The number of hydrogen-bond acceptors (Lipinski definition) is 5. The molecule has 0 aliphatic heterocycles. The highest BCUT2D eigenvalue weighted by Crippen LogP contribution is 2.34. The van der Waals surface area contributed by atoms with E-state index in [1.54, 1.807) is 11.3 Å². The van der Waals surface area contributed by atoms with Gasteiger partial charge in [0.15, 0.2) is 0 Å². The zero-order valence-corrected chi connectivity index (χ0v) is 15.6. The minimum absolute atomic E-state index is 0.753. The molecule has 0 saturated heterocycles. The van der Waals surface area contributed by atoms with Gasteiger partial charge in [0.05, 0.1) is 5.69 Å². The molecule has 0 aliphatic carbocycles. The molecule has 0 spiro atoms. The summed E-state index contributed by atoms with van der Waals surface area (Å²) in [6.45, 7) is 5.16. The zero-order chi connectivity index (χ0) is 17.6. The van der Waals surface area contributed by atoms with Crippen molar-refractivity contribution in [1.29, 1.82) is 0 Å². The van der Waals surface area contributed by atoms with Crippen LogP contribution in [0.5, 0.6) is 0 Å². The number of benzene rings is 1. The first kappa shape index (κ1) is 17.4. The van der Waals surface area contributed by atoms with E-state index in [9.17, 15) is 0 Å². The Hall–Kier alpha value is -2.40. The largest absolute Gasteiger partial charge is 0.399 e. The van der Waals surface area contributed by atoms with Crippen LogP contribution in [0.2, 0.25) is 0 Å². The summed E-state index contributed by atoms with van der Waals surface area (Å²) in [7, 11) is 0. The molecule has 0 saturated carbocycles. The number of nitrogens with two attached hydrogens (primary N) is 1. The van der Waals surface area contributed by atoms with Gasteiger partial charge in [0, 0.05) is 46.3 Å². The van der Waals surface area contributed by atoms with Gasteiger partial charge >= 0.3 is 0 Å². The predicted octanol–water partition coefficient (Wildman–Crippen LogP) is 5.36. The van der Waals surface area contributed by atoms with Crippen LogP contribution in [-0.2, 0) is 0 Å². The molecule has 2 heterocycles. The zero-order valence-electron chi connectivity index (χ0n) is 14.7. The summed E-state index contributed by atoms with van der Waals surface area (Å²) >= 11 is 1.63. The number of nitrogens with one attached hydrogen (secondary N) is 1. The third kappa shape index (κ3) is 4.37. The van der Waals surface area contributed by atoms with E-state index in [4.69, 9.17) is 10.7 Å². The highest BCUT2D eigenvalue weighted by atomic mass is 32.1. The smallest absolute Gasteiger partial charge is 0.126 e. The van der Waals surface area contributed by atoms with E-state index in [1.165, 1.54) is 19.3 Å². The lowest BCUT2D eigenvalue weighted by molar-refractivity contribution is 0.744. The van der Waals surface area contributed by atoms with Crippen molar-refractivity contribution in [2.75, 3.05) is 17.6 Å². The van der Waals surface area contributed by atoms with Gasteiger partial charge in [-0.25, -0.2) is 4.98 Å². The van der Waals surface area contributed by atoms with Crippen molar-refractivity contribution in [3.8, 4) is 21.8 Å². The van der Waals surface area contributed by atoms with E-state index in [1.807, 2.05) is 37.4 Å². The van der Waals surface area contributed by atoms with Crippen LogP contribution in [0.3, 0.4) is 0 Å². The Morgan fingerprint density at radius 1 is 1.16 bits per heavy atom. The Balaban J connectivity index is 1.85. The molecular formula is C20H24N4S. The molecular weight excluding hydrogens is 328 g/mol. The van der Waals surface area contributed by atoms with Crippen molar-refractivity contribution in [3.63, 3.8) is 0 Å². The molecule has 25 heavy (non-hydrogen) atoms. The average Bonchev–Trinajstić information content (AvgIpc) is 3.10. The maximum atomic E-state index is 6.01. The van der Waals surface area contributed by atoms with Crippen LogP contribution in [0.1, 0.15) is 31.9 Å². The third-order valence-corrected chi connectivity index (χ3v) is 4.96. The van der Waals surface area contributed by atoms with Gasteiger partial charge in [0.2, 0.25) is 0 Å². The lowest BCUT2D eigenvalue weighted by Gasteiger charge is -2.11. The van der Waals surface area contributed by atoms with Gasteiger partial charge in [-0.3, -0.25) is 4.98 Å². The first-order valence-corrected chi connectivity index (χ1v) is 9.57. The first-order valence-electron chi connectivity index (χ1n) is 8.69. The predicted molar refractivity (Wildman–Crippen MR) is 108 cm³/mol. The fourth-order valence-electron chi connectivity index (χ4n) is 2.64. The van der Waals surface area contributed by atoms with Gasteiger partial charge in [-0.1, -0.05) is 19.8 Å². The molecule has 4 nitrogen and oxygen atoms in total. The molecule has 0 aliphatic rings. The van der Waals surface area contributed by atoms with Crippen LogP contribution < -0.4 is 11.1 Å². The van der Waals surface area contributed by atoms with Crippen LogP contribution in [0.15, 0.2) is 41.9 Å². The Morgan fingerprint density at radius 3 is 2.80 bits per heavy atom. The number of aryl methyl sites for hydroxylation is 1. The molecule has 130 valence electrons. The lowest BCUT2D eigenvalue weighted by atomic mass is 10.1. The van der Waals surface area contributed by atoms with E-state index in [2.05, 4.69) is 28.7 Å². The Kier molecular flexibility index (Phi) is 5.66. The fraction of sp³-hybridized carbons (Fsp3) is 0.300. The first-order chi connectivity index (χ1) is 12.2. The quantitative estimate of drug-likeness (QED) is 0.443. The average molecular weight is 353 g/mol. The van der Waals surface area contributed by atoms with Gasteiger partial charge in [0.1, 0.15) is 5.01 Å². The summed E-state index contributed by atoms with van der Waals surface area (Å²) in [5, 5.41) is 6.58. The minimum atomic E-state index is 0.753. The summed E-state index contributed by atoms with van der Waals surface area (Å²) in [5.74, 6) is 0. The number of pyridine rings is 1. The van der Waals surface area contributed by atoms with E-state index in [-0.39, 0.29) is 0 Å². The van der Waals surface area contributed by atoms with Crippen molar-refractivity contribution < 1.29 is 0 Å². The summed E-state index contributed by atoms with van der Waals surface area (Å²) in [4.78, 5) is 9.17. The van der Waals surface area contributed by atoms with E-state index in [0.29, 0.717) is 0 Å². The molecule has 3 N–H and O–H groups in total. The van der Waals surface area contributed by atoms with Crippen LogP contribution in [-0.4, -0.2) is 16.5 Å². The third-order valence-electron chi connectivity index (χ3n) is 4.08. The second kappa shape index (κ2) is 8.12. The highest BCUT2D eigenvalue weighted by molar-refractivity contribution is 7.13. The van der Waals surface area contributed by atoms with Crippen molar-refractivity contribution in [1.82, 2.24) is 9.97 Å². The molecule has 0 fully saturated rings. The maximum absolute atomic E-state index is 6.01. The normalized spacial score (nSPS) is 10.8. The second-order valence-corrected chi connectivity index (χ2v) is 7.02.